The molecule has 1 heterocycles. The van der Waals surface area contributed by atoms with Gasteiger partial charge in [-0.05, 0) is 35.9 Å². The van der Waals surface area contributed by atoms with Gasteiger partial charge in [0.1, 0.15) is 23.2 Å². The second-order valence-corrected chi connectivity index (χ2v) is 4.12. The second kappa shape index (κ2) is 6.87. The average molecular weight is 279 g/mol. The number of hydrogen-bond acceptors (Lipinski definition) is 4. The number of aromatic nitrogens is 1. The van der Waals surface area contributed by atoms with Crippen molar-refractivity contribution in [3.63, 3.8) is 0 Å². The number of nitriles is 1. The molecule has 0 unspecified atom stereocenters. The van der Waals surface area contributed by atoms with E-state index < -0.39 is 5.91 Å². The molecule has 0 atom stereocenters. The van der Waals surface area contributed by atoms with E-state index in [1.807, 2.05) is 6.07 Å². The minimum absolute atomic E-state index is 0.00564. The van der Waals surface area contributed by atoms with E-state index in [0.29, 0.717) is 17.1 Å². The van der Waals surface area contributed by atoms with Crippen molar-refractivity contribution in [2.45, 2.75) is 0 Å². The van der Waals surface area contributed by atoms with E-state index >= 15 is 0 Å². The Morgan fingerprint density at radius 2 is 2.19 bits per heavy atom. The Morgan fingerprint density at radius 3 is 2.86 bits per heavy atom. The number of nitrogens with zero attached hydrogens (tertiary/aromatic N) is 2. The summed E-state index contributed by atoms with van der Waals surface area (Å²) in [6.45, 7) is 0. The van der Waals surface area contributed by atoms with Crippen LogP contribution in [0.15, 0.2) is 54.2 Å². The zero-order valence-electron chi connectivity index (χ0n) is 11.4. The van der Waals surface area contributed by atoms with Gasteiger partial charge in [0.2, 0.25) is 0 Å². The molecule has 0 radical (unpaired) electrons. The first-order chi connectivity index (χ1) is 10.2. The molecule has 0 bridgehead atoms. The molecule has 0 aliphatic rings. The summed E-state index contributed by atoms with van der Waals surface area (Å²) < 4.78 is 5.10. The quantitative estimate of drug-likeness (QED) is 0.689. The molecular formula is C16H13N3O2. The molecule has 5 heteroatoms. The lowest BCUT2D eigenvalue weighted by atomic mass is 10.1. The Hall–Kier alpha value is -3.13. The van der Waals surface area contributed by atoms with Gasteiger partial charge in [-0.2, -0.15) is 5.26 Å². The van der Waals surface area contributed by atoms with Crippen molar-refractivity contribution in [3.05, 3.63) is 59.8 Å². The van der Waals surface area contributed by atoms with Crippen molar-refractivity contribution in [3.8, 4) is 11.8 Å². The maximum atomic E-state index is 12.0. The van der Waals surface area contributed by atoms with Crippen LogP contribution in [0.1, 0.15) is 5.56 Å². The Bertz CT molecular complexity index is 703. The first-order valence-corrected chi connectivity index (χ1v) is 6.21. The van der Waals surface area contributed by atoms with Crippen LogP contribution in [0, 0.1) is 11.3 Å². The molecule has 21 heavy (non-hydrogen) atoms. The van der Waals surface area contributed by atoms with Gasteiger partial charge in [-0.15, -0.1) is 0 Å². The predicted octanol–water partition coefficient (Wildman–Crippen LogP) is 2.64. The molecule has 104 valence electrons. The summed E-state index contributed by atoms with van der Waals surface area (Å²) in [5, 5.41) is 11.7. The third kappa shape index (κ3) is 3.91. The molecule has 0 saturated carbocycles. The maximum Gasteiger partial charge on any atom is 0.267 e. The van der Waals surface area contributed by atoms with Gasteiger partial charge < -0.3 is 10.1 Å². The Morgan fingerprint density at radius 1 is 1.33 bits per heavy atom. The van der Waals surface area contributed by atoms with Gasteiger partial charge in [0, 0.05) is 6.20 Å². The largest absolute Gasteiger partial charge is 0.497 e. The van der Waals surface area contributed by atoms with Crippen LogP contribution in [0.3, 0.4) is 0 Å². The number of ether oxygens (including phenoxy) is 1. The zero-order chi connectivity index (χ0) is 15.1. The second-order valence-electron chi connectivity index (χ2n) is 4.12. The molecule has 0 saturated heterocycles. The highest BCUT2D eigenvalue weighted by Crippen LogP contribution is 2.15. The summed E-state index contributed by atoms with van der Waals surface area (Å²) in [4.78, 5) is 16.0. The van der Waals surface area contributed by atoms with E-state index in [1.165, 1.54) is 6.08 Å². The normalized spacial score (nSPS) is 10.6. The summed E-state index contributed by atoms with van der Waals surface area (Å²) in [5.41, 5.74) is 0.705. The molecule has 2 aromatic rings. The predicted molar refractivity (Wildman–Crippen MR) is 79.5 cm³/mol. The smallest absolute Gasteiger partial charge is 0.267 e. The first kappa shape index (κ1) is 14.3. The van der Waals surface area contributed by atoms with Crippen molar-refractivity contribution in [1.82, 2.24) is 4.98 Å². The van der Waals surface area contributed by atoms with Crippen LogP contribution >= 0.6 is 0 Å². The monoisotopic (exact) mass is 279 g/mol. The average Bonchev–Trinajstić information content (AvgIpc) is 2.53. The van der Waals surface area contributed by atoms with Crippen LogP contribution in [0.2, 0.25) is 0 Å². The first-order valence-electron chi connectivity index (χ1n) is 6.21. The van der Waals surface area contributed by atoms with Gasteiger partial charge in [0.25, 0.3) is 5.91 Å². The Kier molecular flexibility index (Phi) is 4.67. The van der Waals surface area contributed by atoms with E-state index in [4.69, 9.17) is 10.00 Å². The van der Waals surface area contributed by atoms with E-state index in [1.54, 1.807) is 55.8 Å². The third-order valence-corrected chi connectivity index (χ3v) is 2.68. The third-order valence-electron chi connectivity index (χ3n) is 2.68. The topological polar surface area (TPSA) is 75.0 Å². The van der Waals surface area contributed by atoms with Gasteiger partial charge in [0.05, 0.1) is 7.11 Å². The summed E-state index contributed by atoms with van der Waals surface area (Å²) in [5.74, 6) is 0.555. The molecule has 1 aromatic carbocycles. The number of carbonyl (C=O) groups excluding carboxylic acids is 1. The van der Waals surface area contributed by atoms with Crippen molar-refractivity contribution >= 4 is 17.8 Å². The van der Waals surface area contributed by atoms with Gasteiger partial charge >= 0.3 is 0 Å². The SMILES string of the molecule is COc1cccc(/C=C(\C#N)C(=O)Nc2ccccn2)c1. The van der Waals surface area contributed by atoms with Gasteiger partial charge in [-0.3, -0.25) is 4.79 Å². The molecule has 2 rings (SSSR count). The number of methoxy groups -OCH3 is 1. The van der Waals surface area contributed by atoms with Crippen molar-refractivity contribution < 1.29 is 9.53 Å². The molecule has 0 spiro atoms. The Balaban J connectivity index is 2.20. The number of amides is 1. The van der Waals surface area contributed by atoms with E-state index in [-0.39, 0.29) is 5.57 Å². The van der Waals surface area contributed by atoms with Crippen LogP contribution in [0.4, 0.5) is 5.82 Å². The number of rotatable bonds is 4. The van der Waals surface area contributed by atoms with E-state index in [9.17, 15) is 4.79 Å². The van der Waals surface area contributed by atoms with Crippen LogP contribution in [-0.2, 0) is 4.79 Å². The fourth-order valence-corrected chi connectivity index (χ4v) is 1.67. The summed E-state index contributed by atoms with van der Waals surface area (Å²) >= 11 is 0. The number of pyridine rings is 1. The summed E-state index contributed by atoms with van der Waals surface area (Å²) in [6, 6.07) is 14.1. The molecule has 0 aliphatic carbocycles. The van der Waals surface area contributed by atoms with E-state index in [2.05, 4.69) is 10.3 Å². The highest BCUT2D eigenvalue weighted by Gasteiger charge is 2.10. The van der Waals surface area contributed by atoms with Crippen molar-refractivity contribution in [2.24, 2.45) is 0 Å². The number of anilines is 1. The maximum absolute atomic E-state index is 12.0. The highest BCUT2D eigenvalue weighted by molar-refractivity contribution is 6.09. The molecule has 1 amide bonds. The molecular weight excluding hydrogens is 266 g/mol. The van der Waals surface area contributed by atoms with Crippen molar-refractivity contribution in [2.75, 3.05) is 12.4 Å². The summed E-state index contributed by atoms with van der Waals surface area (Å²) in [6.07, 6.45) is 3.06. The van der Waals surface area contributed by atoms with Gasteiger partial charge in [-0.1, -0.05) is 18.2 Å². The lowest BCUT2D eigenvalue weighted by molar-refractivity contribution is -0.112. The number of carbonyl (C=O) groups is 1. The number of nitrogens with one attached hydrogen (secondary N) is 1. The van der Waals surface area contributed by atoms with Crippen molar-refractivity contribution in [1.29, 1.82) is 5.26 Å². The minimum Gasteiger partial charge on any atom is -0.497 e. The van der Waals surface area contributed by atoms with Crippen LogP contribution in [-0.4, -0.2) is 18.0 Å². The molecule has 0 fully saturated rings. The van der Waals surface area contributed by atoms with Crippen LogP contribution in [0.25, 0.3) is 6.08 Å². The minimum atomic E-state index is -0.501. The molecule has 1 aromatic heterocycles. The Labute approximate surface area is 122 Å². The highest BCUT2D eigenvalue weighted by atomic mass is 16.5. The fraction of sp³-hybridized carbons (Fsp3) is 0.0625. The van der Waals surface area contributed by atoms with E-state index in [0.717, 1.165) is 0 Å². The zero-order valence-corrected chi connectivity index (χ0v) is 11.4. The number of hydrogen-bond donors (Lipinski definition) is 1. The van der Waals surface area contributed by atoms with Gasteiger partial charge in [-0.25, -0.2) is 4.98 Å². The summed E-state index contributed by atoms with van der Waals surface area (Å²) in [7, 11) is 1.56. The lowest BCUT2D eigenvalue weighted by Crippen LogP contribution is -2.14. The fourth-order valence-electron chi connectivity index (χ4n) is 1.67. The standard InChI is InChI=1S/C16H13N3O2/c1-21-14-6-4-5-12(10-14)9-13(11-17)16(20)19-15-7-2-3-8-18-15/h2-10H,1H3,(H,18,19,20)/b13-9+. The van der Waals surface area contributed by atoms with Crippen LogP contribution < -0.4 is 10.1 Å². The number of benzene rings is 1. The molecule has 0 aliphatic heterocycles. The molecule has 5 nitrogen and oxygen atoms in total. The molecule has 1 N–H and O–H groups in total. The van der Waals surface area contributed by atoms with Gasteiger partial charge in [0.15, 0.2) is 0 Å². The lowest BCUT2D eigenvalue weighted by Gasteiger charge is -2.03. The van der Waals surface area contributed by atoms with Crippen LogP contribution in [0.5, 0.6) is 5.75 Å².